The van der Waals surface area contributed by atoms with Gasteiger partial charge in [-0.05, 0) is 60.2 Å². The van der Waals surface area contributed by atoms with E-state index in [4.69, 9.17) is 21.4 Å². The van der Waals surface area contributed by atoms with Crippen molar-refractivity contribution in [2.75, 3.05) is 12.1 Å². The molecule has 0 spiro atoms. The number of ether oxygens (including phenoxy) is 1. The van der Waals surface area contributed by atoms with Crippen LogP contribution < -0.4 is 9.75 Å². The summed E-state index contributed by atoms with van der Waals surface area (Å²) in [6.07, 6.45) is 0.607. The molecule has 1 aliphatic heterocycles. The first-order valence-electron chi connectivity index (χ1n) is 8.67. The van der Waals surface area contributed by atoms with Crippen LogP contribution in [0.5, 0.6) is 5.75 Å². The molecule has 0 unspecified atom stereocenters. The third kappa shape index (κ3) is 3.53. The maximum absolute atomic E-state index is 14.5. The average molecular weight is 381 g/mol. The molecule has 0 amide bonds. The zero-order valence-corrected chi connectivity index (χ0v) is 15.5. The number of nitrogens with zero attached hydrogens (tertiary/aromatic N) is 2. The summed E-state index contributed by atoms with van der Waals surface area (Å²) in [4.78, 5) is 0. The van der Waals surface area contributed by atoms with E-state index in [9.17, 15) is 4.39 Å². The molecule has 0 radical (unpaired) electrons. The Labute approximate surface area is 162 Å². The predicted molar refractivity (Wildman–Crippen MR) is 107 cm³/mol. The third-order valence-corrected chi connectivity index (χ3v) is 4.94. The maximum atomic E-state index is 14.5. The minimum Gasteiger partial charge on any atom is -0.497 e. The van der Waals surface area contributed by atoms with E-state index in [1.807, 2.05) is 65.7 Å². The zero-order valence-electron chi connectivity index (χ0n) is 14.8. The topological polar surface area (TPSA) is 24.8 Å². The highest BCUT2D eigenvalue weighted by atomic mass is 35.5. The van der Waals surface area contributed by atoms with Gasteiger partial charge in [0.25, 0.3) is 0 Å². The summed E-state index contributed by atoms with van der Waals surface area (Å²) in [5, 5.41) is 7.33. The Bertz CT molecular complexity index is 970. The van der Waals surface area contributed by atoms with Crippen LogP contribution in [0.4, 0.5) is 10.1 Å². The summed E-state index contributed by atoms with van der Waals surface area (Å²) in [7, 11) is 1.64. The fraction of sp³-hybridized carbons (Fsp3) is 0.136. The first-order valence-corrected chi connectivity index (χ1v) is 9.04. The van der Waals surface area contributed by atoms with Crippen molar-refractivity contribution in [1.82, 2.24) is 0 Å². The van der Waals surface area contributed by atoms with E-state index in [0.717, 1.165) is 22.7 Å². The summed E-state index contributed by atoms with van der Waals surface area (Å²) in [6.45, 7) is 0. The van der Waals surface area contributed by atoms with Crippen molar-refractivity contribution in [1.29, 1.82) is 0 Å². The van der Waals surface area contributed by atoms with E-state index >= 15 is 0 Å². The summed E-state index contributed by atoms with van der Waals surface area (Å²) in [5.41, 5.74) is 3.39. The van der Waals surface area contributed by atoms with Crippen molar-refractivity contribution in [2.24, 2.45) is 5.10 Å². The van der Waals surface area contributed by atoms with Gasteiger partial charge in [-0.15, -0.1) is 0 Å². The Morgan fingerprint density at radius 1 is 1.00 bits per heavy atom. The number of hydrazone groups is 1. The molecule has 0 bridgehead atoms. The summed E-state index contributed by atoms with van der Waals surface area (Å²) >= 11 is 6.02. The molecule has 3 aromatic carbocycles. The molecule has 27 heavy (non-hydrogen) atoms. The first-order chi connectivity index (χ1) is 13.2. The van der Waals surface area contributed by atoms with Gasteiger partial charge in [-0.1, -0.05) is 29.8 Å². The molecular formula is C22H18ClFN2O. The fourth-order valence-corrected chi connectivity index (χ4v) is 3.41. The molecule has 0 fully saturated rings. The van der Waals surface area contributed by atoms with Gasteiger partial charge in [0.15, 0.2) is 0 Å². The lowest BCUT2D eigenvalue weighted by atomic mass is 9.97. The number of rotatable bonds is 4. The monoisotopic (exact) mass is 380 g/mol. The van der Waals surface area contributed by atoms with Crippen LogP contribution in [0.15, 0.2) is 77.9 Å². The van der Waals surface area contributed by atoms with Gasteiger partial charge in [-0.3, -0.25) is 5.01 Å². The molecule has 3 aromatic rings. The Morgan fingerprint density at radius 2 is 1.70 bits per heavy atom. The lowest BCUT2D eigenvalue weighted by molar-refractivity contribution is 0.415. The maximum Gasteiger partial charge on any atom is 0.128 e. The standard InChI is InChI=1S/C22H18ClFN2O/c1-27-18-12-6-15(7-13-18)21-14-22(19-4-2-3-5-20(19)24)26(25-21)17-10-8-16(23)9-11-17/h2-13,22H,14H2,1H3/t22-/m1/s1. The van der Waals surface area contributed by atoms with Crippen LogP contribution in [0.25, 0.3) is 0 Å². The molecule has 0 aromatic heterocycles. The fourth-order valence-electron chi connectivity index (χ4n) is 3.29. The second-order valence-corrected chi connectivity index (χ2v) is 6.77. The van der Waals surface area contributed by atoms with Gasteiger partial charge in [0.05, 0.1) is 24.6 Å². The van der Waals surface area contributed by atoms with E-state index < -0.39 is 0 Å². The predicted octanol–water partition coefficient (Wildman–Crippen LogP) is 5.84. The van der Waals surface area contributed by atoms with Gasteiger partial charge >= 0.3 is 0 Å². The van der Waals surface area contributed by atoms with E-state index in [-0.39, 0.29) is 11.9 Å². The Balaban J connectivity index is 1.74. The van der Waals surface area contributed by atoms with Crippen LogP contribution in [-0.2, 0) is 0 Å². The molecule has 136 valence electrons. The van der Waals surface area contributed by atoms with Crippen LogP contribution >= 0.6 is 11.6 Å². The Hall–Kier alpha value is -2.85. The van der Waals surface area contributed by atoms with Crippen LogP contribution in [0, 0.1) is 5.82 Å². The lowest BCUT2D eigenvalue weighted by Crippen LogP contribution is -2.19. The van der Waals surface area contributed by atoms with Gasteiger partial charge in [0, 0.05) is 17.0 Å². The summed E-state index contributed by atoms with van der Waals surface area (Å²) < 4.78 is 19.7. The number of hydrogen-bond donors (Lipinski definition) is 0. The number of halogens is 2. The van der Waals surface area contributed by atoms with Crippen molar-refractivity contribution in [3.63, 3.8) is 0 Å². The van der Waals surface area contributed by atoms with Crippen LogP contribution in [0.1, 0.15) is 23.6 Å². The smallest absolute Gasteiger partial charge is 0.128 e. The number of benzene rings is 3. The van der Waals surface area contributed by atoms with Gasteiger partial charge in [-0.2, -0.15) is 5.10 Å². The van der Waals surface area contributed by atoms with Gasteiger partial charge < -0.3 is 4.74 Å². The molecule has 1 heterocycles. The van der Waals surface area contributed by atoms with Crippen molar-refractivity contribution in [2.45, 2.75) is 12.5 Å². The van der Waals surface area contributed by atoms with Gasteiger partial charge in [-0.25, -0.2) is 4.39 Å². The third-order valence-electron chi connectivity index (χ3n) is 4.69. The summed E-state index contributed by atoms with van der Waals surface area (Å²) in [6, 6.07) is 21.8. The van der Waals surface area contributed by atoms with Crippen LogP contribution in [0.3, 0.4) is 0 Å². The molecule has 1 atom stereocenters. The molecule has 0 aliphatic carbocycles. The van der Waals surface area contributed by atoms with E-state index in [2.05, 4.69) is 0 Å². The quantitative estimate of drug-likeness (QED) is 0.567. The van der Waals surface area contributed by atoms with E-state index in [1.54, 1.807) is 13.2 Å². The molecule has 3 nitrogen and oxygen atoms in total. The second-order valence-electron chi connectivity index (χ2n) is 6.34. The molecule has 5 heteroatoms. The molecule has 0 saturated carbocycles. The van der Waals surface area contributed by atoms with Crippen molar-refractivity contribution >= 4 is 23.0 Å². The molecule has 4 rings (SSSR count). The van der Waals surface area contributed by atoms with Crippen LogP contribution in [-0.4, -0.2) is 12.8 Å². The van der Waals surface area contributed by atoms with Crippen LogP contribution in [0.2, 0.25) is 5.02 Å². The summed E-state index contributed by atoms with van der Waals surface area (Å²) in [5.74, 6) is 0.560. The number of methoxy groups -OCH3 is 1. The van der Waals surface area contributed by atoms with Gasteiger partial charge in [0.2, 0.25) is 0 Å². The largest absolute Gasteiger partial charge is 0.497 e. The molecule has 0 N–H and O–H groups in total. The number of hydrogen-bond acceptors (Lipinski definition) is 3. The van der Waals surface area contributed by atoms with E-state index in [1.165, 1.54) is 6.07 Å². The minimum absolute atomic E-state index is 0.218. The highest BCUT2D eigenvalue weighted by Crippen LogP contribution is 2.38. The van der Waals surface area contributed by atoms with Crippen molar-refractivity contribution < 1.29 is 9.13 Å². The van der Waals surface area contributed by atoms with Crippen molar-refractivity contribution in [3.05, 3.63) is 94.8 Å². The molecule has 0 saturated heterocycles. The molecule has 1 aliphatic rings. The molecular weight excluding hydrogens is 363 g/mol. The van der Waals surface area contributed by atoms with Crippen molar-refractivity contribution in [3.8, 4) is 5.75 Å². The average Bonchev–Trinajstić information content (AvgIpc) is 3.14. The normalized spacial score (nSPS) is 16.3. The first kappa shape index (κ1) is 17.6. The highest BCUT2D eigenvalue weighted by Gasteiger charge is 2.31. The zero-order chi connectivity index (χ0) is 18.8. The lowest BCUT2D eigenvalue weighted by Gasteiger charge is -2.24. The van der Waals surface area contributed by atoms with Gasteiger partial charge in [0.1, 0.15) is 11.6 Å². The second kappa shape index (κ2) is 7.41. The minimum atomic E-state index is -0.229. The SMILES string of the molecule is COc1ccc(C2=NN(c3ccc(Cl)cc3)[C@@H](c3ccccc3F)C2)cc1. The highest BCUT2D eigenvalue weighted by molar-refractivity contribution is 6.30. The number of anilines is 1. The van der Waals surface area contributed by atoms with E-state index in [0.29, 0.717) is 17.0 Å². The Kier molecular flexibility index (Phi) is 4.82. The Morgan fingerprint density at radius 3 is 2.37 bits per heavy atom.